The number of sulfone groups is 1. The van der Waals surface area contributed by atoms with Crippen molar-refractivity contribution in [3.8, 4) is 0 Å². The standard InChI is InChI=1S/C15H23NO3S/c1-11-3-6-13(9-11)16-10-15(17)12-4-7-14(8-5-12)20(2,18)19/h4-5,7-8,11,13,15-17H,3,6,9-10H2,1-2H3. The number of hydrogen-bond acceptors (Lipinski definition) is 4. The van der Waals surface area contributed by atoms with Gasteiger partial charge in [-0.1, -0.05) is 19.1 Å². The molecule has 5 heteroatoms. The van der Waals surface area contributed by atoms with Crippen molar-refractivity contribution in [2.45, 2.75) is 43.2 Å². The first kappa shape index (κ1) is 15.5. The molecule has 2 rings (SSSR count). The van der Waals surface area contributed by atoms with E-state index in [0.717, 1.165) is 11.5 Å². The highest BCUT2D eigenvalue weighted by atomic mass is 32.2. The molecule has 0 spiro atoms. The Balaban J connectivity index is 1.91. The molecule has 1 aromatic rings. The first-order valence-electron chi connectivity index (χ1n) is 7.07. The number of aliphatic hydroxyl groups excluding tert-OH is 1. The second-order valence-corrected chi connectivity index (χ2v) is 7.90. The molecular formula is C15H23NO3S. The summed E-state index contributed by atoms with van der Waals surface area (Å²) >= 11 is 0. The minimum Gasteiger partial charge on any atom is -0.387 e. The molecule has 0 heterocycles. The Kier molecular flexibility index (Phi) is 4.83. The molecule has 1 aromatic carbocycles. The minimum absolute atomic E-state index is 0.283. The normalized spacial score (nSPS) is 24.8. The van der Waals surface area contributed by atoms with Crippen LogP contribution in [0.1, 0.15) is 37.9 Å². The highest BCUT2D eigenvalue weighted by Gasteiger charge is 2.21. The van der Waals surface area contributed by atoms with Crippen LogP contribution in [0.4, 0.5) is 0 Å². The molecule has 1 fully saturated rings. The molecule has 2 N–H and O–H groups in total. The van der Waals surface area contributed by atoms with Gasteiger partial charge in [-0.2, -0.15) is 0 Å². The zero-order valence-electron chi connectivity index (χ0n) is 12.0. The third-order valence-electron chi connectivity index (χ3n) is 3.99. The van der Waals surface area contributed by atoms with E-state index in [1.807, 2.05) is 0 Å². The van der Waals surface area contributed by atoms with Gasteiger partial charge >= 0.3 is 0 Å². The summed E-state index contributed by atoms with van der Waals surface area (Å²) in [4.78, 5) is 0.283. The van der Waals surface area contributed by atoms with Crippen molar-refractivity contribution in [1.29, 1.82) is 0 Å². The molecule has 3 unspecified atom stereocenters. The molecule has 3 atom stereocenters. The summed E-state index contributed by atoms with van der Waals surface area (Å²) < 4.78 is 22.7. The van der Waals surface area contributed by atoms with Gasteiger partial charge in [-0.25, -0.2) is 8.42 Å². The third kappa shape index (κ3) is 4.04. The fraction of sp³-hybridized carbons (Fsp3) is 0.600. The maximum Gasteiger partial charge on any atom is 0.175 e. The number of rotatable bonds is 5. The Labute approximate surface area is 121 Å². The molecule has 1 aliphatic rings. The van der Waals surface area contributed by atoms with Crippen molar-refractivity contribution in [2.75, 3.05) is 12.8 Å². The smallest absolute Gasteiger partial charge is 0.175 e. The van der Waals surface area contributed by atoms with Crippen molar-refractivity contribution in [2.24, 2.45) is 5.92 Å². The van der Waals surface area contributed by atoms with Gasteiger partial charge in [-0.15, -0.1) is 0 Å². The molecule has 112 valence electrons. The summed E-state index contributed by atoms with van der Waals surface area (Å²) in [6.45, 7) is 2.76. The molecule has 0 amide bonds. The SMILES string of the molecule is CC1CCC(NCC(O)c2ccc(S(C)(=O)=O)cc2)C1. The molecule has 0 radical (unpaired) electrons. The van der Waals surface area contributed by atoms with Gasteiger partial charge in [0.15, 0.2) is 9.84 Å². The Morgan fingerprint density at radius 2 is 1.95 bits per heavy atom. The van der Waals surface area contributed by atoms with E-state index in [9.17, 15) is 13.5 Å². The zero-order valence-corrected chi connectivity index (χ0v) is 12.9. The average Bonchev–Trinajstić information content (AvgIpc) is 2.81. The van der Waals surface area contributed by atoms with Crippen LogP contribution in [0, 0.1) is 5.92 Å². The number of hydrogen-bond donors (Lipinski definition) is 2. The Hall–Kier alpha value is -0.910. The Morgan fingerprint density at radius 1 is 1.30 bits per heavy atom. The van der Waals surface area contributed by atoms with Gasteiger partial charge in [0.2, 0.25) is 0 Å². The molecule has 0 aliphatic heterocycles. The van der Waals surface area contributed by atoms with Crippen LogP contribution < -0.4 is 5.32 Å². The van der Waals surface area contributed by atoms with Gasteiger partial charge < -0.3 is 10.4 Å². The topological polar surface area (TPSA) is 66.4 Å². The summed E-state index contributed by atoms with van der Waals surface area (Å²) in [5.41, 5.74) is 0.746. The minimum atomic E-state index is -3.17. The van der Waals surface area contributed by atoms with E-state index >= 15 is 0 Å². The first-order chi connectivity index (χ1) is 9.36. The van der Waals surface area contributed by atoms with E-state index in [1.54, 1.807) is 24.3 Å². The third-order valence-corrected chi connectivity index (χ3v) is 5.12. The van der Waals surface area contributed by atoms with E-state index < -0.39 is 15.9 Å². The molecule has 1 aliphatic carbocycles. The van der Waals surface area contributed by atoms with Gasteiger partial charge in [0.05, 0.1) is 11.0 Å². The van der Waals surface area contributed by atoms with Crippen LogP contribution in [0.3, 0.4) is 0 Å². The Morgan fingerprint density at radius 3 is 2.45 bits per heavy atom. The average molecular weight is 297 g/mol. The van der Waals surface area contributed by atoms with Gasteiger partial charge in [-0.3, -0.25) is 0 Å². The van der Waals surface area contributed by atoms with Crippen molar-refractivity contribution in [3.05, 3.63) is 29.8 Å². The van der Waals surface area contributed by atoms with Crippen molar-refractivity contribution in [3.63, 3.8) is 0 Å². The molecular weight excluding hydrogens is 274 g/mol. The molecule has 1 saturated carbocycles. The van der Waals surface area contributed by atoms with Crippen LogP contribution in [0.2, 0.25) is 0 Å². The lowest BCUT2D eigenvalue weighted by Crippen LogP contribution is -2.30. The second kappa shape index (κ2) is 6.24. The van der Waals surface area contributed by atoms with E-state index in [0.29, 0.717) is 12.6 Å². The molecule has 20 heavy (non-hydrogen) atoms. The number of aliphatic hydroxyl groups is 1. The van der Waals surface area contributed by atoms with Gasteiger partial charge in [0.25, 0.3) is 0 Å². The summed E-state index contributed by atoms with van der Waals surface area (Å²) in [5, 5.41) is 13.5. The fourth-order valence-electron chi connectivity index (χ4n) is 2.73. The summed E-state index contributed by atoms with van der Waals surface area (Å²) in [5.74, 6) is 0.763. The highest BCUT2D eigenvalue weighted by Crippen LogP contribution is 2.25. The summed E-state index contributed by atoms with van der Waals surface area (Å²) in [7, 11) is -3.17. The van der Waals surface area contributed by atoms with Crippen LogP contribution in [0.25, 0.3) is 0 Å². The van der Waals surface area contributed by atoms with Gasteiger partial charge in [0.1, 0.15) is 0 Å². The highest BCUT2D eigenvalue weighted by molar-refractivity contribution is 7.90. The lowest BCUT2D eigenvalue weighted by Gasteiger charge is -2.17. The van der Waals surface area contributed by atoms with Crippen molar-refractivity contribution < 1.29 is 13.5 Å². The van der Waals surface area contributed by atoms with E-state index in [1.165, 1.54) is 25.5 Å². The van der Waals surface area contributed by atoms with Crippen LogP contribution in [0.15, 0.2) is 29.2 Å². The second-order valence-electron chi connectivity index (χ2n) is 5.88. The predicted molar refractivity (Wildman–Crippen MR) is 79.3 cm³/mol. The van der Waals surface area contributed by atoms with Crippen molar-refractivity contribution >= 4 is 9.84 Å². The summed E-state index contributed by atoms with van der Waals surface area (Å²) in [6.07, 6.45) is 4.16. The van der Waals surface area contributed by atoms with Gasteiger partial charge in [-0.05, 0) is 42.9 Å². The van der Waals surface area contributed by atoms with E-state index in [4.69, 9.17) is 0 Å². The lowest BCUT2D eigenvalue weighted by atomic mass is 10.1. The van der Waals surface area contributed by atoms with Crippen LogP contribution in [-0.2, 0) is 9.84 Å². The van der Waals surface area contributed by atoms with Gasteiger partial charge in [0, 0.05) is 18.8 Å². The lowest BCUT2D eigenvalue weighted by molar-refractivity contribution is 0.169. The maximum atomic E-state index is 11.4. The van der Waals surface area contributed by atoms with E-state index in [2.05, 4.69) is 12.2 Å². The quantitative estimate of drug-likeness (QED) is 0.871. The largest absolute Gasteiger partial charge is 0.387 e. The first-order valence-corrected chi connectivity index (χ1v) is 8.97. The number of benzene rings is 1. The van der Waals surface area contributed by atoms with Crippen LogP contribution in [0.5, 0.6) is 0 Å². The zero-order chi connectivity index (χ0) is 14.8. The van der Waals surface area contributed by atoms with E-state index in [-0.39, 0.29) is 4.90 Å². The molecule has 4 nitrogen and oxygen atoms in total. The van der Waals surface area contributed by atoms with Crippen molar-refractivity contribution in [1.82, 2.24) is 5.32 Å². The fourth-order valence-corrected chi connectivity index (χ4v) is 3.36. The summed E-state index contributed by atoms with van der Waals surface area (Å²) in [6, 6.07) is 6.95. The van der Waals surface area contributed by atoms with Crippen LogP contribution in [-0.4, -0.2) is 32.4 Å². The number of nitrogens with one attached hydrogen (secondary N) is 1. The predicted octanol–water partition coefficient (Wildman–Crippen LogP) is 1.90. The maximum absolute atomic E-state index is 11.4. The Bertz CT molecular complexity index is 539. The monoisotopic (exact) mass is 297 g/mol. The molecule has 0 saturated heterocycles. The van der Waals surface area contributed by atoms with Crippen LogP contribution >= 0.6 is 0 Å². The molecule has 0 bridgehead atoms. The molecule has 0 aromatic heterocycles.